The van der Waals surface area contributed by atoms with Crippen LogP contribution in [-0.4, -0.2) is 9.38 Å². The fourth-order valence-corrected chi connectivity index (χ4v) is 6.16. The molecule has 2 aliphatic carbocycles. The Morgan fingerprint density at radius 1 is 0.800 bits per heavy atom. The summed E-state index contributed by atoms with van der Waals surface area (Å²) in [6.45, 7) is 6.87. The quantitative estimate of drug-likeness (QED) is 0.251. The first-order valence-electron chi connectivity index (χ1n) is 11.3. The number of fused-ring (bicyclic) bond motifs is 13. The van der Waals surface area contributed by atoms with Crippen LogP contribution in [0.2, 0.25) is 0 Å². The zero-order valence-corrected chi connectivity index (χ0v) is 17.9. The lowest BCUT2D eigenvalue weighted by Crippen LogP contribution is -2.10. The number of pyridine rings is 1. The SMILES string of the molecule is CC(C)(C)c1ccc2c(c1)c1ccccc1c1nc3cc4c(cc3n21)C1CCC4C1. The Morgan fingerprint density at radius 2 is 1.53 bits per heavy atom. The van der Waals surface area contributed by atoms with Gasteiger partial charge in [0.25, 0.3) is 0 Å². The van der Waals surface area contributed by atoms with E-state index in [1.54, 1.807) is 11.1 Å². The van der Waals surface area contributed by atoms with Gasteiger partial charge in [0.15, 0.2) is 0 Å². The van der Waals surface area contributed by atoms with E-state index in [2.05, 4.69) is 79.8 Å². The number of benzene rings is 3. The molecule has 0 N–H and O–H groups in total. The fourth-order valence-electron chi connectivity index (χ4n) is 6.16. The van der Waals surface area contributed by atoms with Crippen molar-refractivity contribution in [2.24, 2.45) is 0 Å². The maximum atomic E-state index is 5.19. The van der Waals surface area contributed by atoms with Crippen LogP contribution in [0.1, 0.15) is 68.6 Å². The smallest absolute Gasteiger partial charge is 0.146 e. The third kappa shape index (κ3) is 2.07. The summed E-state index contributed by atoms with van der Waals surface area (Å²) in [5.41, 5.74) is 9.45. The van der Waals surface area contributed by atoms with E-state index in [0.717, 1.165) is 23.0 Å². The largest absolute Gasteiger partial charge is 0.292 e. The molecule has 2 heteroatoms. The Bertz CT molecular complexity index is 1510. The minimum Gasteiger partial charge on any atom is -0.292 e. The van der Waals surface area contributed by atoms with E-state index in [9.17, 15) is 0 Å². The highest BCUT2D eigenvalue weighted by Crippen LogP contribution is 2.54. The zero-order valence-electron chi connectivity index (χ0n) is 17.9. The summed E-state index contributed by atoms with van der Waals surface area (Å²) in [5.74, 6) is 1.53. The van der Waals surface area contributed by atoms with Crippen LogP contribution in [0.5, 0.6) is 0 Å². The molecule has 0 amide bonds. The van der Waals surface area contributed by atoms with Gasteiger partial charge in [0.1, 0.15) is 5.65 Å². The van der Waals surface area contributed by atoms with Gasteiger partial charge in [0.05, 0.1) is 16.6 Å². The maximum Gasteiger partial charge on any atom is 0.146 e. The van der Waals surface area contributed by atoms with Crippen LogP contribution >= 0.6 is 0 Å². The van der Waals surface area contributed by atoms with Crippen LogP contribution in [0.3, 0.4) is 0 Å². The second-order valence-corrected chi connectivity index (χ2v) is 10.5. The van der Waals surface area contributed by atoms with Crippen molar-refractivity contribution in [3.8, 4) is 0 Å². The Labute approximate surface area is 176 Å². The van der Waals surface area contributed by atoms with Crippen molar-refractivity contribution in [2.45, 2.75) is 57.3 Å². The normalized spacial score (nSPS) is 20.8. The lowest BCUT2D eigenvalue weighted by molar-refractivity contribution is 0.591. The standard InChI is InChI=1S/C28H26N2/c1-28(2,3)18-10-11-25-23(13-18)19-6-4-5-7-20(19)27-29-24-14-21-16-8-9-17(12-16)22(21)15-26(24)30(25)27/h4-7,10-11,13-17H,8-9,12H2,1-3H3. The van der Waals surface area contributed by atoms with E-state index in [1.807, 2.05) is 0 Å². The number of nitrogens with zero attached hydrogens (tertiary/aromatic N) is 2. The van der Waals surface area contributed by atoms with Gasteiger partial charge in [-0.1, -0.05) is 51.1 Å². The van der Waals surface area contributed by atoms with Crippen molar-refractivity contribution < 1.29 is 0 Å². The molecule has 30 heavy (non-hydrogen) atoms. The van der Waals surface area contributed by atoms with Crippen molar-refractivity contribution in [3.63, 3.8) is 0 Å². The van der Waals surface area contributed by atoms with Gasteiger partial charge in [0, 0.05) is 10.8 Å². The molecular formula is C28H26N2. The molecule has 2 atom stereocenters. The van der Waals surface area contributed by atoms with Crippen molar-refractivity contribution in [3.05, 3.63) is 71.3 Å². The molecule has 7 rings (SSSR count). The van der Waals surface area contributed by atoms with Gasteiger partial charge >= 0.3 is 0 Å². The first kappa shape index (κ1) is 16.9. The second-order valence-electron chi connectivity index (χ2n) is 10.5. The minimum atomic E-state index is 0.126. The Kier molecular flexibility index (Phi) is 3.05. The summed E-state index contributed by atoms with van der Waals surface area (Å²) < 4.78 is 2.42. The Balaban J connectivity index is 1.68. The van der Waals surface area contributed by atoms with E-state index >= 15 is 0 Å². The maximum absolute atomic E-state index is 5.19. The van der Waals surface area contributed by atoms with Crippen molar-refractivity contribution in [1.82, 2.24) is 9.38 Å². The molecule has 0 radical (unpaired) electrons. The first-order valence-corrected chi connectivity index (χ1v) is 11.3. The van der Waals surface area contributed by atoms with E-state index in [4.69, 9.17) is 4.98 Å². The summed E-state index contributed by atoms with van der Waals surface area (Å²) in [6.07, 6.45) is 4.07. The van der Waals surface area contributed by atoms with Crippen molar-refractivity contribution in [1.29, 1.82) is 0 Å². The molecule has 2 nitrogen and oxygen atoms in total. The van der Waals surface area contributed by atoms with Crippen LogP contribution in [-0.2, 0) is 5.41 Å². The monoisotopic (exact) mass is 390 g/mol. The molecule has 2 bridgehead atoms. The molecule has 2 aliphatic rings. The molecule has 2 aromatic heterocycles. The van der Waals surface area contributed by atoms with Crippen molar-refractivity contribution >= 4 is 38.4 Å². The number of hydrogen-bond acceptors (Lipinski definition) is 1. The number of imidazole rings is 1. The average Bonchev–Trinajstić information content (AvgIpc) is 3.44. The highest BCUT2D eigenvalue weighted by Gasteiger charge is 2.37. The summed E-state index contributed by atoms with van der Waals surface area (Å²) in [5, 5.41) is 3.87. The number of aromatic nitrogens is 2. The van der Waals surface area contributed by atoms with E-state index in [-0.39, 0.29) is 5.41 Å². The summed E-state index contributed by atoms with van der Waals surface area (Å²) in [6, 6.07) is 20.7. The summed E-state index contributed by atoms with van der Waals surface area (Å²) >= 11 is 0. The zero-order chi connectivity index (χ0) is 20.2. The molecular weight excluding hydrogens is 364 g/mol. The van der Waals surface area contributed by atoms with Crippen LogP contribution in [0.25, 0.3) is 38.4 Å². The second kappa shape index (κ2) is 5.43. The van der Waals surface area contributed by atoms with Gasteiger partial charge in [-0.05, 0) is 82.9 Å². The topological polar surface area (TPSA) is 17.3 Å². The highest BCUT2D eigenvalue weighted by atomic mass is 15.0. The third-order valence-corrected chi connectivity index (χ3v) is 7.73. The predicted octanol–water partition coefficient (Wildman–Crippen LogP) is 7.46. The van der Waals surface area contributed by atoms with Gasteiger partial charge in [-0.2, -0.15) is 0 Å². The number of hydrogen-bond donors (Lipinski definition) is 0. The number of rotatable bonds is 0. The molecule has 3 aromatic carbocycles. The Morgan fingerprint density at radius 3 is 2.30 bits per heavy atom. The average molecular weight is 391 g/mol. The highest BCUT2D eigenvalue weighted by molar-refractivity contribution is 6.14. The lowest BCUT2D eigenvalue weighted by Gasteiger charge is -2.20. The predicted molar refractivity (Wildman–Crippen MR) is 126 cm³/mol. The summed E-state index contributed by atoms with van der Waals surface area (Å²) in [4.78, 5) is 5.19. The van der Waals surface area contributed by atoms with Gasteiger partial charge < -0.3 is 0 Å². The van der Waals surface area contributed by atoms with Gasteiger partial charge in [-0.25, -0.2) is 4.98 Å². The molecule has 1 saturated carbocycles. The molecule has 0 saturated heterocycles. The molecule has 1 fully saturated rings. The minimum absolute atomic E-state index is 0.126. The molecule has 2 heterocycles. The lowest BCUT2D eigenvalue weighted by atomic mass is 9.86. The molecule has 2 unspecified atom stereocenters. The molecule has 5 aromatic rings. The van der Waals surface area contributed by atoms with Crippen LogP contribution in [0, 0.1) is 0 Å². The fraction of sp³-hybridized carbons (Fsp3) is 0.321. The van der Waals surface area contributed by atoms with Crippen molar-refractivity contribution in [2.75, 3.05) is 0 Å². The first-order chi connectivity index (χ1) is 14.5. The molecule has 0 spiro atoms. The van der Waals surface area contributed by atoms with Crippen LogP contribution < -0.4 is 0 Å². The van der Waals surface area contributed by atoms with Crippen LogP contribution in [0.4, 0.5) is 0 Å². The van der Waals surface area contributed by atoms with Gasteiger partial charge in [-0.3, -0.25) is 4.40 Å². The van der Waals surface area contributed by atoms with Gasteiger partial charge in [0.2, 0.25) is 0 Å². The van der Waals surface area contributed by atoms with E-state index in [0.29, 0.717) is 0 Å². The third-order valence-electron chi connectivity index (χ3n) is 7.73. The van der Waals surface area contributed by atoms with E-state index < -0.39 is 0 Å². The summed E-state index contributed by atoms with van der Waals surface area (Å²) in [7, 11) is 0. The van der Waals surface area contributed by atoms with E-state index in [1.165, 1.54) is 52.0 Å². The molecule has 0 aliphatic heterocycles. The Hall–Kier alpha value is -2.87. The van der Waals surface area contributed by atoms with Gasteiger partial charge in [-0.15, -0.1) is 0 Å². The van der Waals surface area contributed by atoms with Crippen LogP contribution in [0.15, 0.2) is 54.6 Å². The molecule has 148 valence electrons.